The molecule has 0 saturated carbocycles. The molecule has 0 heterocycles. The van der Waals surface area contributed by atoms with E-state index in [0.717, 1.165) is 5.56 Å². The van der Waals surface area contributed by atoms with Crippen LogP contribution in [0.25, 0.3) is 0 Å². The van der Waals surface area contributed by atoms with Crippen molar-refractivity contribution in [2.75, 3.05) is 33.4 Å². The third-order valence-corrected chi connectivity index (χ3v) is 4.15. The smallest absolute Gasteiger partial charge is 0.241 e. The third-order valence-electron chi connectivity index (χ3n) is 3.02. The first-order valence-corrected chi connectivity index (χ1v) is 9.14. The molecule has 0 atom stereocenters. The van der Waals surface area contributed by atoms with Gasteiger partial charge in [-0.25, -0.2) is 13.4 Å². The fourth-order valence-corrected chi connectivity index (χ4v) is 2.30. The van der Waals surface area contributed by atoms with E-state index in [1.165, 1.54) is 11.2 Å². The summed E-state index contributed by atoms with van der Waals surface area (Å²) in [6.45, 7) is 3.16. The molecule has 1 aromatic carbocycles. The SMILES string of the molecule is CCNC(=NCc1ccc(S(C)(=O)=O)cc1)NCC(=O)N(C)C. The van der Waals surface area contributed by atoms with Crippen LogP contribution in [0.1, 0.15) is 12.5 Å². The molecule has 23 heavy (non-hydrogen) atoms. The van der Waals surface area contributed by atoms with E-state index in [4.69, 9.17) is 0 Å². The standard InChI is InChI=1S/C15H24N4O3S/c1-5-16-15(18-11-14(20)19(2)3)17-10-12-6-8-13(9-7-12)23(4,21)22/h6-9H,5,10-11H2,1-4H3,(H2,16,17,18). The summed E-state index contributed by atoms with van der Waals surface area (Å²) in [5, 5.41) is 6.01. The number of carbonyl (C=O) groups excluding carboxylic acids is 1. The third kappa shape index (κ3) is 6.68. The minimum Gasteiger partial charge on any atom is -0.357 e. The second-order valence-electron chi connectivity index (χ2n) is 5.25. The van der Waals surface area contributed by atoms with E-state index in [9.17, 15) is 13.2 Å². The van der Waals surface area contributed by atoms with Gasteiger partial charge in [-0.05, 0) is 24.6 Å². The van der Waals surface area contributed by atoms with Crippen LogP contribution in [-0.2, 0) is 21.2 Å². The number of hydrogen-bond donors (Lipinski definition) is 2. The van der Waals surface area contributed by atoms with Gasteiger partial charge in [0, 0.05) is 26.9 Å². The van der Waals surface area contributed by atoms with E-state index in [1.54, 1.807) is 38.4 Å². The van der Waals surface area contributed by atoms with Crippen LogP contribution >= 0.6 is 0 Å². The molecule has 1 amide bonds. The van der Waals surface area contributed by atoms with E-state index in [-0.39, 0.29) is 17.3 Å². The average molecular weight is 340 g/mol. The lowest BCUT2D eigenvalue weighted by Crippen LogP contribution is -2.42. The number of guanidine groups is 1. The number of aliphatic imine (C=N–C) groups is 1. The predicted molar refractivity (Wildman–Crippen MR) is 91.1 cm³/mol. The molecule has 2 N–H and O–H groups in total. The lowest BCUT2D eigenvalue weighted by molar-refractivity contribution is -0.127. The van der Waals surface area contributed by atoms with Gasteiger partial charge in [-0.3, -0.25) is 4.79 Å². The van der Waals surface area contributed by atoms with Crippen LogP contribution in [0, 0.1) is 0 Å². The number of sulfone groups is 1. The van der Waals surface area contributed by atoms with Crippen LogP contribution < -0.4 is 10.6 Å². The number of hydrogen-bond acceptors (Lipinski definition) is 4. The Morgan fingerprint density at radius 1 is 1.17 bits per heavy atom. The van der Waals surface area contributed by atoms with Gasteiger partial charge >= 0.3 is 0 Å². The maximum Gasteiger partial charge on any atom is 0.241 e. The molecule has 0 aromatic heterocycles. The monoisotopic (exact) mass is 340 g/mol. The fraction of sp³-hybridized carbons (Fsp3) is 0.467. The van der Waals surface area contributed by atoms with E-state index >= 15 is 0 Å². The Bertz CT molecular complexity index is 652. The van der Waals surface area contributed by atoms with Gasteiger partial charge in [-0.1, -0.05) is 12.1 Å². The minimum atomic E-state index is -3.19. The molecule has 0 aliphatic heterocycles. The van der Waals surface area contributed by atoms with E-state index in [1.807, 2.05) is 6.92 Å². The van der Waals surface area contributed by atoms with Crippen LogP contribution in [0.15, 0.2) is 34.2 Å². The molecule has 1 rings (SSSR count). The van der Waals surface area contributed by atoms with Crippen molar-refractivity contribution in [2.24, 2.45) is 4.99 Å². The van der Waals surface area contributed by atoms with E-state index in [2.05, 4.69) is 15.6 Å². The fourth-order valence-electron chi connectivity index (χ4n) is 1.67. The molecule has 0 aliphatic carbocycles. The van der Waals surface area contributed by atoms with Crippen LogP contribution in [0.2, 0.25) is 0 Å². The summed E-state index contributed by atoms with van der Waals surface area (Å²) in [5.74, 6) is 0.489. The highest BCUT2D eigenvalue weighted by molar-refractivity contribution is 7.90. The van der Waals surface area contributed by atoms with Crippen LogP contribution in [-0.4, -0.2) is 58.6 Å². The Hall–Kier alpha value is -2.09. The predicted octanol–water partition coefficient (Wildman–Crippen LogP) is 0.233. The van der Waals surface area contributed by atoms with Crippen molar-refractivity contribution in [2.45, 2.75) is 18.4 Å². The Kier molecular flexibility index (Phi) is 7.02. The van der Waals surface area contributed by atoms with Crippen molar-refractivity contribution >= 4 is 21.7 Å². The number of benzene rings is 1. The number of amides is 1. The molecular weight excluding hydrogens is 316 g/mol. The van der Waals surface area contributed by atoms with Gasteiger partial charge in [0.25, 0.3) is 0 Å². The molecule has 128 valence electrons. The quantitative estimate of drug-likeness (QED) is 0.572. The number of nitrogens with one attached hydrogen (secondary N) is 2. The topological polar surface area (TPSA) is 90.9 Å². The highest BCUT2D eigenvalue weighted by Crippen LogP contribution is 2.10. The van der Waals surface area contributed by atoms with Crippen molar-refractivity contribution in [3.8, 4) is 0 Å². The van der Waals surface area contributed by atoms with E-state index < -0.39 is 9.84 Å². The lowest BCUT2D eigenvalue weighted by Gasteiger charge is -2.14. The minimum absolute atomic E-state index is 0.0480. The van der Waals surface area contributed by atoms with Crippen molar-refractivity contribution in [1.29, 1.82) is 0 Å². The van der Waals surface area contributed by atoms with Crippen molar-refractivity contribution in [3.05, 3.63) is 29.8 Å². The van der Waals surface area contributed by atoms with Gasteiger partial charge in [0.15, 0.2) is 15.8 Å². The number of nitrogens with zero attached hydrogens (tertiary/aromatic N) is 2. The summed E-state index contributed by atoms with van der Waals surface area (Å²) in [7, 11) is 0.195. The van der Waals surface area contributed by atoms with Crippen LogP contribution in [0.3, 0.4) is 0 Å². The Morgan fingerprint density at radius 2 is 1.78 bits per heavy atom. The van der Waals surface area contributed by atoms with Gasteiger partial charge in [-0.2, -0.15) is 0 Å². The van der Waals surface area contributed by atoms with Crippen molar-refractivity contribution in [3.63, 3.8) is 0 Å². The normalized spacial score (nSPS) is 11.9. The first-order valence-electron chi connectivity index (χ1n) is 7.25. The Balaban J connectivity index is 2.71. The molecule has 0 fully saturated rings. The van der Waals surface area contributed by atoms with Gasteiger partial charge in [0.05, 0.1) is 18.0 Å². The molecule has 0 aliphatic rings. The van der Waals surface area contributed by atoms with Gasteiger partial charge in [0.1, 0.15) is 0 Å². The van der Waals surface area contributed by atoms with Crippen molar-refractivity contribution in [1.82, 2.24) is 15.5 Å². The molecule has 8 heteroatoms. The Labute approximate surface area is 137 Å². The van der Waals surface area contributed by atoms with Gasteiger partial charge in [-0.15, -0.1) is 0 Å². The second-order valence-corrected chi connectivity index (χ2v) is 7.27. The first-order chi connectivity index (χ1) is 10.7. The zero-order chi connectivity index (χ0) is 17.5. The number of likely N-dealkylation sites (N-methyl/N-ethyl adjacent to an activating group) is 1. The van der Waals surface area contributed by atoms with Crippen LogP contribution in [0.5, 0.6) is 0 Å². The molecule has 0 bridgehead atoms. The summed E-state index contributed by atoms with van der Waals surface area (Å²) >= 11 is 0. The second kappa shape index (κ2) is 8.52. The summed E-state index contributed by atoms with van der Waals surface area (Å²) in [4.78, 5) is 17.7. The molecular formula is C15H24N4O3S. The lowest BCUT2D eigenvalue weighted by atomic mass is 10.2. The maximum absolute atomic E-state index is 11.6. The highest BCUT2D eigenvalue weighted by atomic mass is 32.2. The number of carbonyl (C=O) groups is 1. The van der Waals surface area contributed by atoms with Crippen molar-refractivity contribution < 1.29 is 13.2 Å². The summed E-state index contributed by atoms with van der Waals surface area (Å²) in [5.41, 5.74) is 0.883. The number of rotatable bonds is 6. The van der Waals surface area contributed by atoms with Gasteiger partial charge < -0.3 is 15.5 Å². The molecule has 0 radical (unpaired) electrons. The zero-order valence-electron chi connectivity index (χ0n) is 14.0. The summed E-state index contributed by atoms with van der Waals surface area (Å²) in [6.07, 6.45) is 1.18. The van der Waals surface area contributed by atoms with Gasteiger partial charge in [0.2, 0.25) is 5.91 Å². The maximum atomic E-state index is 11.6. The average Bonchev–Trinajstić information content (AvgIpc) is 2.49. The summed E-state index contributed by atoms with van der Waals surface area (Å²) in [6, 6.07) is 6.59. The molecule has 1 aromatic rings. The molecule has 7 nitrogen and oxygen atoms in total. The van der Waals surface area contributed by atoms with E-state index in [0.29, 0.717) is 19.0 Å². The molecule has 0 unspecified atom stereocenters. The first kappa shape index (κ1) is 19.0. The molecule has 0 saturated heterocycles. The van der Waals surface area contributed by atoms with Crippen LogP contribution in [0.4, 0.5) is 0 Å². The highest BCUT2D eigenvalue weighted by Gasteiger charge is 2.07. The molecule has 0 spiro atoms. The zero-order valence-corrected chi connectivity index (χ0v) is 14.8. The summed E-state index contributed by atoms with van der Waals surface area (Å²) < 4.78 is 22.8. The largest absolute Gasteiger partial charge is 0.357 e. The Morgan fingerprint density at radius 3 is 2.26 bits per heavy atom.